The number of carbonyl (C=O) groups excluding carboxylic acids is 1. The van der Waals surface area contributed by atoms with Crippen molar-refractivity contribution in [3.8, 4) is 11.4 Å². The Kier molecular flexibility index (Phi) is 6.45. The lowest BCUT2D eigenvalue weighted by atomic mass is 10.1. The van der Waals surface area contributed by atoms with E-state index >= 15 is 0 Å². The standard InChI is InChI=1S/C22H21FN2O6S/c1-5-30-22(27)21-18(12-20(26)25(24-21)17-8-6-16(23)7-9-17)31-32(28,29)19-11-14(3)13(2)10-15(19)4/h6-12H,5H2,1-4H3. The summed E-state index contributed by atoms with van der Waals surface area (Å²) in [5.41, 5.74) is 0.942. The molecule has 0 N–H and O–H groups in total. The zero-order valence-corrected chi connectivity index (χ0v) is 18.7. The molecule has 168 valence electrons. The van der Waals surface area contributed by atoms with Crippen molar-refractivity contribution >= 4 is 16.1 Å². The molecular formula is C22H21FN2O6S. The Morgan fingerprint density at radius 2 is 1.66 bits per heavy atom. The van der Waals surface area contributed by atoms with Crippen molar-refractivity contribution in [2.45, 2.75) is 32.6 Å². The zero-order chi connectivity index (χ0) is 23.6. The van der Waals surface area contributed by atoms with Gasteiger partial charge in [-0.25, -0.2) is 9.18 Å². The van der Waals surface area contributed by atoms with E-state index in [-0.39, 0.29) is 17.2 Å². The molecule has 2 aromatic carbocycles. The maximum atomic E-state index is 13.2. The summed E-state index contributed by atoms with van der Waals surface area (Å²) in [6.07, 6.45) is 0. The van der Waals surface area contributed by atoms with Gasteiger partial charge in [0.2, 0.25) is 5.69 Å². The van der Waals surface area contributed by atoms with Gasteiger partial charge in [0.15, 0.2) is 5.75 Å². The molecular weight excluding hydrogens is 439 g/mol. The number of hydrogen-bond acceptors (Lipinski definition) is 7. The molecule has 3 rings (SSSR count). The van der Waals surface area contributed by atoms with E-state index in [9.17, 15) is 22.4 Å². The smallest absolute Gasteiger partial charge is 0.362 e. The predicted molar refractivity (Wildman–Crippen MR) is 114 cm³/mol. The highest BCUT2D eigenvalue weighted by molar-refractivity contribution is 7.87. The third-order valence-corrected chi connectivity index (χ3v) is 6.07. The number of ether oxygens (including phenoxy) is 1. The van der Waals surface area contributed by atoms with Gasteiger partial charge in [-0.2, -0.15) is 18.2 Å². The van der Waals surface area contributed by atoms with Crippen molar-refractivity contribution in [3.63, 3.8) is 0 Å². The normalized spacial score (nSPS) is 11.3. The third kappa shape index (κ3) is 4.70. The predicted octanol–water partition coefficient (Wildman–Crippen LogP) is 3.24. The monoisotopic (exact) mass is 460 g/mol. The van der Waals surface area contributed by atoms with Gasteiger partial charge >= 0.3 is 16.1 Å². The van der Waals surface area contributed by atoms with Crippen molar-refractivity contribution < 1.29 is 26.5 Å². The maximum Gasteiger partial charge on any atom is 0.362 e. The summed E-state index contributed by atoms with van der Waals surface area (Å²) in [5, 5.41) is 3.94. The SMILES string of the molecule is CCOC(=O)c1nn(-c2ccc(F)cc2)c(=O)cc1OS(=O)(=O)c1cc(C)c(C)cc1C. The minimum absolute atomic E-state index is 0.0152. The number of aromatic nitrogens is 2. The topological polar surface area (TPSA) is 105 Å². The molecule has 0 spiro atoms. The largest absolute Gasteiger partial charge is 0.461 e. The van der Waals surface area contributed by atoms with E-state index < -0.39 is 38.9 Å². The highest BCUT2D eigenvalue weighted by Gasteiger charge is 2.27. The Morgan fingerprint density at radius 1 is 1.03 bits per heavy atom. The van der Waals surface area contributed by atoms with Crippen LogP contribution in [0.1, 0.15) is 34.1 Å². The van der Waals surface area contributed by atoms with E-state index in [0.29, 0.717) is 5.56 Å². The number of benzene rings is 2. The molecule has 0 saturated heterocycles. The number of esters is 1. The lowest BCUT2D eigenvalue weighted by molar-refractivity contribution is 0.0515. The van der Waals surface area contributed by atoms with Gasteiger partial charge in [0.05, 0.1) is 18.4 Å². The molecule has 0 amide bonds. The number of hydrogen-bond donors (Lipinski definition) is 0. The van der Waals surface area contributed by atoms with Crippen LogP contribution in [0.25, 0.3) is 5.69 Å². The lowest BCUT2D eigenvalue weighted by Gasteiger charge is -2.14. The molecule has 0 aliphatic carbocycles. The van der Waals surface area contributed by atoms with Gasteiger partial charge in [0.25, 0.3) is 5.56 Å². The highest BCUT2D eigenvalue weighted by Crippen LogP contribution is 2.25. The minimum Gasteiger partial charge on any atom is -0.461 e. The molecule has 0 unspecified atom stereocenters. The fraction of sp³-hybridized carbons (Fsp3) is 0.227. The summed E-state index contributed by atoms with van der Waals surface area (Å²) in [5.74, 6) is -2.07. The van der Waals surface area contributed by atoms with Crippen LogP contribution in [0.4, 0.5) is 4.39 Å². The first-order valence-corrected chi connectivity index (χ1v) is 11.0. The van der Waals surface area contributed by atoms with Gasteiger partial charge in [0.1, 0.15) is 10.7 Å². The summed E-state index contributed by atoms with van der Waals surface area (Å²) >= 11 is 0. The molecule has 0 bridgehead atoms. The van der Waals surface area contributed by atoms with Gasteiger partial charge in [-0.05, 0) is 74.7 Å². The molecule has 0 saturated carbocycles. The number of aryl methyl sites for hydroxylation is 3. The summed E-state index contributed by atoms with van der Waals surface area (Å²) in [4.78, 5) is 25.0. The summed E-state index contributed by atoms with van der Waals surface area (Å²) in [6.45, 7) is 6.75. The Morgan fingerprint density at radius 3 is 2.28 bits per heavy atom. The van der Waals surface area contributed by atoms with Crippen molar-refractivity contribution in [2.75, 3.05) is 6.61 Å². The fourth-order valence-electron chi connectivity index (χ4n) is 2.98. The van der Waals surface area contributed by atoms with Gasteiger partial charge in [0, 0.05) is 0 Å². The van der Waals surface area contributed by atoms with E-state index in [1.54, 1.807) is 26.8 Å². The van der Waals surface area contributed by atoms with E-state index in [2.05, 4.69) is 5.10 Å². The van der Waals surface area contributed by atoms with Crippen molar-refractivity contribution in [3.05, 3.63) is 81.0 Å². The highest BCUT2D eigenvalue weighted by atomic mass is 32.2. The van der Waals surface area contributed by atoms with Crippen LogP contribution in [-0.4, -0.2) is 30.8 Å². The first kappa shape index (κ1) is 23.1. The number of rotatable bonds is 6. The average molecular weight is 460 g/mol. The lowest BCUT2D eigenvalue weighted by Crippen LogP contribution is -2.26. The van der Waals surface area contributed by atoms with E-state index in [1.165, 1.54) is 18.2 Å². The second-order valence-corrected chi connectivity index (χ2v) is 8.56. The number of carbonyl (C=O) groups is 1. The first-order valence-electron chi connectivity index (χ1n) is 9.63. The summed E-state index contributed by atoms with van der Waals surface area (Å²) < 4.78 is 50.1. The fourth-order valence-corrected chi connectivity index (χ4v) is 4.21. The van der Waals surface area contributed by atoms with Gasteiger partial charge in [-0.1, -0.05) is 6.07 Å². The number of nitrogens with zero attached hydrogens (tertiary/aromatic N) is 2. The van der Waals surface area contributed by atoms with Crippen LogP contribution in [0.15, 0.2) is 52.2 Å². The van der Waals surface area contributed by atoms with Crippen LogP contribution in [0.2, 0.25) is 0 Å². The molecule has 0 fully saturated rings. The Bertz CT molecular complexity index is 1350. The molecule has 32 heavy (non-hydrogen) atoms. The molecule has 10 heteroatoms. The maximum absolute atomic E-state index is 13.2. The Hall–Kier alpha value is -3.53. The van der Waals surface area contributed by atoms with Crippen LogP contribution in [0.3, 0.4) is 0 Å². The Labute approximate surface area is 184 Å². The average Bonchev–Trinajstić information content (AvgIpc) is 2.71. The zero-order valence-electron chi connectivity index (χ0n) is 17.9. The quantitative estimate of drug-likeness (QED) is 0.411. The van der Waals surface area contributed by atoms with Crippen LogP contribution in [-0.2, 0) is 14.9 Å². The summed E-state index contributed by atoms with van der Waals surface area (Å²) in [7, 11) is -4.40. The molecule has 0 aliphatic heterocycles. The molecule has 1 aromatic heterocycles. The summed E-state index contributed by atoms with van der Waals surface area (Å²) in [6, 6.07) is 8.79. The molecule has 3 aromatic rings. The van der Waals surface area contributed by atoms with E-state index in [4.69, 9.17) is 8.92 Å². The second kappa shape index (κ2) is 8.91. The molecule has 1 heterocycles. The first-order chi connectivity index (χ1) is 15.0. The second-order valence-electron chi connectivity index (χ2n) is 7.04. The van der Waals surface area contributed by atoms with Crippen LogP contribution < -0.4 is 9.74 Å². The third-order valence-electron chi connectivity index (χ3n) is 4.70. The molecule has 8 nitrogen and oxygen atoms in total. The minimum atomic E-state index is -4.40. The number of halogens is 1. The molecule has 0 radical (unpaired) electrons. The van der Waals surface area contributed by atoms with Crippen molar-refractivity contribution in [1.82, 2.24) is 9.78 Å². The van der Waals surface area contributed by atoms with Gasteiger partial charge in [-0.3, -0.25) is 4.79 Å². The van der Waals surface area contributed by atoms with Crippen LogP contribution in [0.5, 0.6) is 5.75 Å². The van der Waals surface area contributed by atoms with Gasteiger partial charge in [-0.15, -0.1) is 0 Å². The Balaban J connectivity index is 2.14. The molecule has 0 aliphatic rings. The van der Waals surface area contributed by atoms with Crippen LogP contribution in [0, 0.1) is 26.6 Å². The van der Waals surface area contributed by atoms with Crippen LogP contribution >= 0.6 is 0 Å². The van der Waals surface area contributed by atoms with E-state index in [1.807, 2.05) is 6.92 Å². The van der Waals surface area contributed by atoms with E-state index in [0.717, 1.165) is 34.0 Å². The van der Waals surface area contributed by atoms with Crippen molar-refractivity contribution in [1.29, 1.82) is 0 Å². The molecule has 0 atom stereocenters. The van der Waals surface area contributed by atoms with Gasteiger partial charge < -0.3 is 8.92 Å². The van der Waals surface area contributed by atoms with Crippen molar-refractivity contribution in [2.24, 2.45) is 0 Å².